The lowest BCUT2D eigenvalue weighted by molar-refractivity contribution is -0.0384. The van der Waals surface area contributed by atoms with Crippen LogP contribution in [0.2, 0.25) is 10.0 Å². The molecule has 7 nitrogen and oxygen atoms in total. The van der Waals surface area contributed by atoms with Crippen LogP contribution in [0.5, 0.6) is 0 Å². The molecule has 31 heavy (non-hydrogen) atoms. The number of carbonyl (C=O) groups is 1. The molecular formula is C18H12Cl2F3N5O2S. The lowest BCUT2D eigenvalue weighted by Crippen LogP contribution is -2.48. The van der Waals surface area contributed by atoms with Gasteiger partial charge in [0.1, 0.15) is 16.6 Å². The molecule has 0 spiro atoms. The molecule has 0 fully saturated rings. The number of fused-ring (bicyclic) bond motifs is 1. The summed E-state index contributed by atoms with van der Waals surface area (Å²) in [5.41, 5.74) is -5.62. The highest BCUT2D eigenvalue weighted by Crippen LogP contribution is 2.27. The number of nitriles is 1. The molecule has 1 aromatic heterocycles. The molecule has 0 saturated heterocycles. The van der Waals surface area contributed by atoms with Crippen molar-refractivity contribution in [1.29, 1.82) is 5.26 Å². The van der Waals surface area contributed by atoms with Crippen molar-refractivity contribution < 1.29 is 22.2 Å². The smallest absolute Gasteiger partial charge is 0.332 e. The van der Waals surface area contributed by atoms with Crippen LogP contribution in [0, 0.1) is 11.3 Å². The Morgan fingerprint density at radius 3 is 2.45 bits per heavy atom. The van der Waals surface area contributed by atoms with Gasteiger partial charge >= 0.3 is 5.51 Å². The summed E-state index contributed by atoms with van der Waals surface area (Å²) in [7, 11) is -3.21. The quantitative estimate of drug-likeness (QED) is 0.581. The zero-order valence-electron chi connectivity index (χ0n) is 15.6. The summed E-state index contributed by atoms with van der Waals surface area (Å²) in [6.45, 7) is 1.29. The fourth-order valence-corrected chi connectivity index (χ4v) is 3.80. The average Bonchev–Trinajstić information content (AvgIpc) is 3.09. The Labute approximate surface area is 186 Å². The van der Waals surface area contributed by atoms with E-state index in [2.05, 4.69) is 15.5 Å². The van der Waals surface area contributed by atoms with Crippen LogP contribution >= 0.6 is 23.2 Å². The first kappa shape index (κ1) is 23.0. The Morgan fingerprint density at radius 2 is 1.87 bits per heavy atom. The number of nitrogens with zero attached hydrogens (tertiary/aromatic N) is 4. The van der Waals surface area contributed by atoms with Gasteiger partial charge in [-0.2, -0.15) is 33.4 Å². The van der Waals surface area contributed by atoms with Crippen molar-refractivity contribution in [1.82, 2.24) is 20.3 Å². The molecule has 2 unspecified atom stereocenters. The number of nitrogens with one attached hydrogen (secondary N) is 1. The Hall–Kier alpha value is -2.68. The first-order chi connectivity index (χ1) is 14.4. The molecule has 2 atom stereocenters. The molecule has 0 bridgehead atoms. The van der Waals surface area contributed by atoms with Gasteiger partial charge in [0.2, 0.25) is 0 Å². The highest BCUT2D eigenvalue weighted by atomic mass is 35.5. The summed E-state index contributed by atoms with van der Waals surface area (Å²) in [6.07, 6.45) is 0. The monoisotopic (exact) mass is 489 g/mol. The molecule has 3 rings (SSSR count). The average molecular weight is 490 g/mol. The van der Waals surface area contributed by atoms with E-state index in [9.17, 15) is 27.4 Å². The van der Waals surface area contributed by atoms with Crippen molar-refractivity contribution in [3.8, 4) is 6.07 Å². The molecule has 3 aromatic rings. The zero-order valence-corrected chi connectivity index (χ0v) is 17.9. The number of aromatic nitrogens is 3. The predicted octanol–water partition coefficient (Wildman–Crippen LogP) is 4.08. The zero-order chi connectivity index (χ0) is 23.0. The fourth-order valence-electron chi connectivity index (χ4n) is 2.63. The van der Waals surface area contributed by atoms with Crippen LogP contribution in [-0.4, -0.2) is 36.2 Å². The Bertz CT molecular complexity index is 1220. The molecule has 0 aliphatic carbocycles. The van der Waals surface area contributed by atoms with E-state index in [1.54, 1.807) is 6.07 Å². The Kier molecular flexibility index (Phi) is 6.27. The van der Waals surface area contributed by atoms with E-state index in [1.165, 1.54) is 17.8 Å². The maximum Gasteiger partial charge on any atom is 0.475 e. The third-order valence-electron chi connectivity index (χ3n) is 4.08. The van der Waals surface area contributed by atoms with E-state index in [4.69, 9.17) is 23.2 Å². The van der Waals surface area contributed by atoms with Gasteiger partial charge in [-0.25, -0.2) is 4.21 Å². The molecule has 162 valence electrons. The van der Waals surface area contributed by atoms with Crippen molar-refractivity contribution in [2.24, 2.45) is 0 Å². The number of amides is 1. The van der Waals surface area contributed by atoms with Crippen LogP contribution in [0.4, 0.5) is 13.2 Å². The summed E-state index contributed by atoms with van der Waals surface area (Å²) < 4.78 is 49.0. The highest BCUT2D eigenvalue weighted by molar-refractivity contribution is 7.86. The van der Waals surface area contributed by atoms with Gasteiger partial charge in [0.05, 0.1) is 17.6 Å². The van der Waals surface area contributed by atoms with Gasteiger partial charge < -0.3 is 5.32 Å². The summed E-state index contributed by atoms with van der Waals surface area (Å²) in [6, 6.07) is 9.06. The third kappa shape index (κ3) is 5.15. The van der Waals surface area contributed by atoms with E-state index < -0.39 is 32.6 Å². The highest BCUT2D eigenvalue weighted by Gasteiger charge is 2.38. The largest absolute Gasteiger partial charge is 0.475 e. The van der Waals surface area contributed by atoms with Gasteiger partial charge in [-0.05, 0) is 43.3 Å². The fraction of sp³-hybridized carbons (Fsp3) is 0.222. The van der Waals surface area contributed by atoms with Crippen LogP contribution in [-0.2, 0) is 17.3 Å². The van der Waals surface area contributed by atoms with Crippen molar-refractivity contribution >= 4 is 50.9 Å². The maximum atomic E-state index is 12.5. The van der Waals surface area contributed by atoms with Crippen molar-refractivity contribution in [2.45, 2.75) is 29.4 Å². The van der Waals surface area contributed by atoms with E-state index in [1.807, 2.05) is 6.07 Å². The number of alkyl halides is 3. The Balaban J connectivity index is 1.78. The topological polar surface area (TPSA) is 101 Å². The van der Waals surface area contributed by atoms with Crippen LogP contribution in [0.15, 0.2) is 41.3 Å². The van der Waals surface area contributed by atoms with Crippen molar-refractivity contribution in [3.05, 3.63) is 52.0 Å². The number of hydrogen-bond donors (Lipinski definition) is 1. The summed E-state index contributed by atoms with van der Waals surface area (Å²) in [5.74, 6) is -0.717. The van der Waals surface area contributed by atoms with E-state index in [0.29, 0.717) is 16.1 Å². The summed E-state index contributed by atoms with van der Waals surface area (Å²) in [4.78, 5) is 13.2. The number of benzene rings is 2. The molecule has 1 amide bonds. The molecule has 13 heteroatoms. The van der Waals surface area contributed by atoms with E-state index in [-0.39, 0.29) is 17.1 Å². The van der Waals surface area contributed by atoms with Gasteiger partial charge in [-0.15, -0.1) is 0 Å². The molecule has 0 radical (unpaired) electrons. The molecule has 0 aliphatic rings. The Morgan fingerprint density at radius 1 is 1.23 bits per heavy atom. The van der Waals surface area contributed by atoms with E-state index >= 15 is 0 Å². The minimum absolute atomic E-state index is 0.0159. The van der Waals surface area contributed by atoms with Crippen molar-refractivity contribution in [3.63, 3.8) is 0 Å². The standard InChI is InChI=1S/C18H12Cl2F3N5O2S/c1-17(8-24,9-28-26-14-7-11(19)6-13(20)15(14)27-28)25-16(29)10-2-4-12(5-3-10)31(30)18(21,22)23/h2-7H,9H2,1H3,(H,25,29). The normalized spacial score (nSPS) is 14.6. The molecule has 2 aromatic carbocycles. The molecule has 0 aliphatic heterocycles. The van der Waals surface area contributed by atoms with Crippen LogP contribution in [0.25, 0.3) is 11.0 Å². The molecule has 1 heterocycles. The number of hydrogen-bond acceptors (Lipinski definition) is 5. The molecular weight excluding hydrogens is 478 g/mol. The maximum absolute atomic E-state index is 12.5. The van der Waals surface area contributed by atoms with Gasteiger partial charge in [0.15, 0.2) is 10.8 Å². The van der Waals surface area contributed by atoms with Crippen LogP contribution < -0.4 is 5.32 Å². The number of rotatable bonds is 5. The van der Waals surface area contributed by atoms with Gasteiger partial charge in [-0.1, -0.05) is 23.2 Å². The predicted molar refractivity (Wildman–Crippen MR) is 108 cm³/mol. The minimum atomic E-state index is -4.91. The molecule has 1 N–H and O–H groups in total. The van der Waals surface area contributed by atoms with Crippen molar-refractivity contribution in [2.75, 3.05) is 0 Å². The van der Waals surface area contributed by atoms with E-state index in [0.717, 1.165) is 24.3 Å². The van der Waals surface area contributed by atoms with Gasteiger partial charge in [-0.3, -0.25) is 4.79 Å². The summed E-state index contributed by atoms with van der Waals surface area (Å²) >= 11 is 12.0. The van der Waals surface area contributed by atoms with Crippen LogP contribution in [0.3, 0.4) is 0 Å². The third-order valence-corrected chi connectivity index (χ3v) is 5.71. The number of carbonyl (C=O) groups excluding carboxylic acids is 1. The first-order valence-corrected chi connectivity index (χ1v) is 10.3. The summed E-state index contributed by atoms with van der Waals surface area (Å²) in [5, 5.41) is 21.1. The first-order valence-electron chi connectivity index (χ1n) is 8.44. The second-order valence-corrected chi connectivity index (χ2v) is 8.94. The SMILES string of the molecule is CC(C#N)(Cn1nc2cc(Cl)cc(Cl)c2n1)NC(=O)c1ccc(S(=O)C(F)(F)F)cc1. The number of halogens is 5. The second-order valence-electron chi connectivity index (χ2n) is 6.62. The lowest BCUT2D eigenvalue weighted by Gasteiger charge is -2.22. The van der Waals surface area contributed by atoms with Gasteiger partial charge in [0.25, 0.3) is 5.91 Å². The minimum Gasteiger partial charge on any atom is -0.332 e. The molecule has 0 saturated carbocycles. The van der Waals surface area contributed by atoms with Crippen LogP contribution in [0.1, 0.15) is 17.3 Å². The van der Waals surface area contributed by atoms with Gasteiger partial charge in [0, 0.05) is 15.5 Å². The lowest BCUT2D eigenvalue weighted by atomic mass is 10.0. The second kappa shape index (κ2) is 8.45.